The minimum Gasteiger partial charge on any atom is -0.315 e. The third kappa shape index (κ3) is 5.78. The van der Waals surface area contributed by atoms with Gasteiger partial charge in [-0.3, -0.25) is 9.69 Å². The number of hydrogen-bond acceptors (Lipinski definition) is 3. The molecule has 9 unspecified atom stereocenters. The summed E-state index contributed by atoms with van der Waals surface area (Å²) in [5.41, 5.74) is 6.65. The van der Waals surface area contributed by atoms with Crippen LogP contribution >= 0.6 is 0 Å². The maximum Gasteiger partial charge on any atom is 0.159 e. The van der Waals surface area contributed by atoms with Crippen molar-refractivity contribution in [2.24, 2.45) is 56.7 Å². The monoisotopic (exact) mass is 669 g/mol. The number of nitrogens with zero attached hydrogens (tertiary/aromatic N) is 1. The van der Waals surface area contributed by atoms with E-state index in [9.17, 15) is 4.79 Å². The maximum absolute atomic E-state index is 12.0. The normalized spacial score (nSPS) is 39.6. The van der Waals surface area contributed by atoms with Gasteiger partial charge >= 0.3 is 0 Å². The van der Waals surface area contributed by atoms with Crippen molar-refractivity contribution < 1.29 is 4.79 Å². The second-order valence-corrected chi connectivity index (χ2v) is 19.8. The molecule has 4 fully saturated rings. The van der Waals surface area contributed by atoms with Crippen molar-refractivity contribution in [2.45, 2.75) is 146 Å². The molecule has 1 aromatic carbocycles. The SMILES string of the molecule is C=C(C)C1CCC2(CNCCN(C(C)C)C(C)C)CCC3(C)C(CCC4C5(C)CC=C(c6ccc(C(C)=O)cc6)C(C)(C)C5CCC43C)C12. The maximum atomic E-state index is 12.0. The Morgan fingerprint density at radius 3 is 2.14 bits per heavy atom. The molecule has 0 aromatic heterocycles. The molecule has 272 valence electrons. The molecule has 0 amide bonds. The molecule has 0 spiro atoms. The summed E-state index contributed by atoms with van der Waals surface area (Å²) in [7, 11) is 0. The van der Waals surface area contributed by atoms with Crippen molar-refractivity contribution in [1.29, 1.82) is 0 Å². The highest BCUT2D eigenvalue weighted by molar-refractivity contribution is 5.94. The van der Waals surface area contributed by atoms with Crippen molar-refractivity contribution >= 4 is 11.4 Å². The predicted molar refractivity (Wildman–Crippen MR) is 209 cm³/mol. The Bertz CT molecular complexity index is 1430. The van der Waals surface area contributed by atoms with E-state index in [1.807, 2.05) is 12.1 Å². The number of carbonyl (C=O) groups is 1. The lowest BCUT2D eigenvalue weighted by atomic mass is 9.32. The van der Waals surface area contributed by atoms with Gasteiger partial charge in [-0.1, -0.05) is 77.1 Å². The number of nitrogens with one attached hydrogen (secondary N) is 1. The van der Waals surface area contributed by atoms with Crippen molar-refractivity contribution in [3.8, 4) is 0 Å². The number of ketones is 1. The molecule has 0 radical (unpaired) electrons. The summed E-state index contributed by atoms with van der Waals surface area (Å²) < 4.78 is 0. The number of rotatable bonds is 10. The lowest BCUT2D eigenvalue weighted by molar-refractivity contribution is -0.225. The number of allylic oxidation sites excluding steroid dienone is 3. The Balaban J connectivity index is 1.27. The van der Waals surface area contributed by atoms with Gasteiger partial charge in [0.05, 0.1) is 0 Å². The first-order valence-corrected chi connectivity index (χ1v) is 20.4. The molecule has 0 bridgehead atoms. The van der Waals surface area contributed by atoms with Crippen molar-refractivity contribution in [1.82, 2.24) is 10.2 Å². The van der Waals surface area contributed by atoms with E-state index >= 15 is 0 Å². The zero-order chi connectivity index (χ0) is 35.7. The van der Waals surface area contributed by atoms with E-state index < -0.39 is 0 Å². The molecule has 0 heterocycles. The van der Waals surface area contributed by atoms with E-state index in [2.05, 4.69) is 104 Å². The van der Waals surface area contributed by atoms with Crippen LogP contribution in [0.25, 0.3) is 5.57 Å². The van der Waals surface area contributed by atoms with Gasteiger partial charge in [-0.15, -0.1) is 0 Å². The zero-order valence-corrected chi connectivity index (χ0v) is 33.5. The van der Waals surface area contributed by atoms with Crippen LogP contribution in [0.4, 0.5) is 0 Å². The van der Waals surface area contributed by atoms with Crippen LogP contribution < -0.4 is 5.32 Å². The van der Waals surface area contributed by atoms with Gasteiger partial charge < -0.3 is 5.32 Å². The summed E-state index contributed by atoms with van der Waals surface area (Å²) >= 11 is 0. The Hall–Kier alpha value is -1.71. The van der Waals surface area contributed by atoms with Gasteiger partial charge in [-0.25, -0.2) is 0 Å². The van der Waals surface area contributed by atoms with E-state index in [1.54, 1.807) is 6.92 Å². The summed E-state index contributed by atoms with van der Waals surface area (Å²) in [5.74, 6) is 3.80. The van der Waals surface area contributed by atoms with E-state index in [1.165, 1.54) is 81.0 Å². The van der Waals surface area contributed by atoms with Crippen LogP contribution in [-0.2, 0) is 0 Å². The van der Waals surface area contributed by atoms with Gasteiger partial charge in [0.15, 0.2) is 5.78 Å². The second kappa shape index (κ2) is 13.1. The molecular weight excluding hydrogens is 597 g/mol. The first-order valence-electron chi connectivity index (χ1n) is 20.4. The molecule has 1 N–H and O–H groups in total. The Labute approximate surface area is 301 Å². The number of carbonyl (C=O) groups excluding carboxylic acids is 1. The van der Waals surface area contributed by atoms with Crippen LogP contribution in [0.15, 0.2) is 42.5 Å². The standard InChI is InChI=1S/C46H72N2O/c1-30(2)36-19-24-46(29-47-27-28-48(31(3)4)32(5)6)26-25-44(11)38(41(36)46)17-18-40-43(10)22-20-37(35-15-13-34(14-16-35)33(7)49)42(8,9)39(43)21-23-45(40,44)12/h13-16,20,31-32,36,38-41,47H,1,17-19,21-29H2,2-12H3. The molecule has 9 atom stereocenters. The molecule has 4 saturated carbocycles. The molecule has 5 aliphatic carbocycles. The first-order chi connectivity index (χ1) is 22.9. The number of benzene rings is 1. The average Bonchev–Trinajstić information content (AvgIpc) is 3.41. The molecule has 0 saturated heterocycles. The Kier molecular flexibility index (Phi) is 9.87. The van der Waals surface area contributed by atoms with E-state index in [0.29, 0.717) is 45.6 Å². The summed E-state index contributed by atoms with van der Waals surface area (Å²) in [6.07, 6.45) is 14.8. The van der Waals surface area contributed by atoms with Gasteiger partial charge in [0.25, 0.3) is 0 Å². The third-order valence-corrected chi connectivity index (χ3v) is 16.8. The molecule has 5 aliphatic rings. The Morgan fingerprint density at radius 1 is 0.857 bits per heavy atom. The van der Waals surface area contributed by atoms with E-state index in [-0.39, 0.29) is 11.2 Å². The third-order valence-electron chi connectivity index (χ3n) is 16.8. The Morgan fingerprint density at radius 2 is 1.53 bits per heavy atom. The van der Waals surface area contributed by atoms with Crippen LogP contribution in [0.5, 0.6) is 0 Å². The highest BCUT2D eigenvalue weighted by atomic mass is 16.1. The van der Waals surface area contributed by atoms with Crippen LogP contribution in [0.3, 0.4) is 0 Å². The van der Waals surface area contributed by atoms with Crippen LogP contribution in [0.2, 0.25) is 0 Å². The fourth-order valence-electron chi connectivity index (χ4n) is 14.2. The van der Waals surface area contributed by atoms with Gasteiger partial charge in [0, 0.05) is 37.3 Å². The summed E-state index contributed by atoms with van der Waals surface area (Å²) in [6.45, 7) is 34.8. The molecule has 6 rings (SSSR count). The lowest BCUT2D eigenvalue weighted by Gasteiger charge is -2.72. The van der Waals surface area contributed by atoms with Crippen LogP contribution in [-0.4, -0.2) is 42.4 Å². The molecule has 1 aromatic rings. The van der Waals surface area contributed by atoms with Crippen LogP contribution in [0, 0.1) is 56.7 Å². The van der Waals surface area contributed by atoms with Crippen LogP contribution in [0.1, 0.15) is 150 Å². The predicted octanol–water partition coefficient (Wildman–Crippen LogP) is 11.2. The fraction of sp³-hybridized carbons (Fsp3) is 0.761. The van der Waals surface area contributed by atoms with Crippen molar-refractivity contribution in [2.75, 3.05) is 19.6 Å². The number of Topliss-reactive ketones (excluding diaryl/α,β-unsaturated/α-hetero) is 1. The first kappa shape index (κ1) is 37.1. The summed E-state index contributed by atoms with van der Waals surface area (Å²) in [4.78, 5) is 14.6. The largest absolute Gasteiger partial charge is 0.315 e. The van der Waals surface area contributed by atoms with E-state index in [4.69, 9.17) is 0 Å². The van der Waals surface area contributed by atoms with Gasteiger partial charge in [0.2, 0.25) is 0 Å². The quantitative estimate of drug-likeness (QED) is 0.153. The summed E-state index contributed by atoms with van der Waals surface area (Å²) in [5, 5.41) is 4.07. The number of fused-ring (bicyclic) bond motifs is 7. The molecule has 3 nitrogen and oxygen atoms in total. The minimum atomic E-state index is 0.106. The minimum absolute atomic E-state index is 0.106. The zero-order valence-electron chi connectivity index (χ0n) is 33.5. The fourth-order valence-corrected chi connectivity index (χ4v) is 14.2. The highest BCUT2D eigenvalue weighted by Gasteiger charge is 2.70. The van der Waals surface area contributed by atoms with Crippen molar-refractivity contribution in [3.05, 3.63) is 53.6 Å². The highest BCUT2D eigenvalue weighted by Crippen LogP contribution is 2.77. The van der Waals surface area contributed by atoms with Crippen molar-refractivity contribution in [3.63, 3.8) is 0 Å². The summed E-state index contributed by atoms with van der Waals surface area (Å²) in [6, 6.07) is 9.67. The van der Waals surface area contributed by atoms with Gasteiger partial charge in [0.1, 0.15) is 0 Å². The molecule has 49 heavy (non-hydrogen) atoms. The molecule has 0 aliphatic heterocycles. The lowest BCUT2D eigenvalue weighted by Crippen LogP contribution is -2.66. The van der Waals surface area contributed by atoms with Gasteiger partial charge in [-0.05, 0) is 167 Å². The second-order valence-electron chi connectivity index (χ2n) is 19.8. The smallest absolute Gasteiger partial charge is 0.159 e. The number of hydrogen-bond donors (Lipinski definition) is 1. The topological polar surface area (TPSA) is 32.3 Å². The van der Waals surface area contributed by atoms with Gasteiger partial charge in [-0.2, -0.15) is 0 Å². The average molecular weight is 669 g/mol. The van der Waals surface area contributed by atoms with E-state index in [0.717, 1.165) is 36.4 Å². The molecule has 3 heteroatoms. The molecular formula is C46H72N2O.